The summed E-state index contributed by atoms with van der Waals surface area (Å²) in [7, 11) is 0. The maximum absolute atomic E-state index is 13.0. The lowest BCUT2D eigenvalue weighted by atomic mass is 10.0. The first kappa shape index (κ1) is 42.1. The largest absolute Gasteiger partial charge is 0.457 e. The highest BCUT2D eigenvalue weighted by atomic mass is 32.2. The quantitative estimate of drug-likeness (QED) is 0.0668. The molecule has 0 heterocycles. The normalized spacial score (nSPS) is 11.6. The standard InChI is InChI=1S/C37H61N3O6S/c1-4-6-8-10-12-14-19-23-34(42)38-26-33(27-39-35(43)24-20-15-13-11-9-7-5-2)46-36(44)28-40-37(45)32(29-47-30(3)41)25-31-21-17-16-18-22-31/h16-18,21-22,32-33H,4-15,19-20,23-29H2,1-3H3,(H,38,42)(H,39,43)(H,40,45). The fourth-order valence-electron chi connectivity index (χ4n) is 5.15. The Labute approximate surface area is 287 Å². The average Bonchev–Trinajstić information content (AvgIpc) is 3.06. The zero-order chi connectivity index (χ0) is 34.5. The molecular weight excluding hydrogens is 614 g/mol. The molecule has 0 bridgehead atoms. The zero-order valence-electron chi connectivity index (χ0n) is 29.2. The number of hydrogen-bond acceptors (Lipinski definition) is 7. The lowest BCUT2D eigenvalue weighted by Crippen LogP contribution is -2.44. The highest BCUT2D eigenvalue weighted by Gasteiger charge is 2.22. The number of ether oxygens (including phenoxy) is 1. The maximum atomic E-state index is 13.0. The van der Waals surface area contributed by atoms with Gasteiger partial charge in [0.05, 0.1) is 19.0 Å². The Balaban J connectivity index is 2.62. The summed E-state index contributed by atoms with van der Waals surface area (Å²) in [6.45, 7) is 5.61. The molecule has 10 heteroatoms. The van der Waals surface area contributed by atoms with Gasteiger partial charge in [-0.05, 0) is 24.8 Å². The summed E-state index contributed by atoms with van der Waals surface area (Å²) < 4.78 is 5.62. The van der Waals surface area contributed by atoms with Gasteiger partial charge in [-0.25, -0.2) is 0 Å². The molecule has 1 rings (SSSR count). The molecule has 0 saturated heterocycles. The number of hydrogen-bond donors (Lipinski definition) is 3. The number of thioether (sulfide) groups is 1. The van der Waals surface area contributed by atoms with Crippen molar-refractivity contribution in [3.05, 3.63) is 35.9 Å². The second-order valence-electron chi connectivity index (χ2n) is 12.4. The van der Waals surface area contributed by atoms with E-state index in [9.17, 15) is 24.0 Å². The molecule has 3 N–H and O–H groups in total. The van der Waals surface area contributed by atoms with E-state index in [1.54, 1.807) is 0 Å². The fourth-order valence-corrected chi connectivity index (χ4v) is 5.85. The molecule has 1 unspecified atom stereocenters. The number of rotatable bonds is 28. The summed E-state index contributed by atoms with van der Waals surface area (Å²) in [5.41, 5.74) is 0.957. The van der Waals surface area contributed by atoms with Gasteiger partial charge in [0, 0.05) is 25.5 Å². The molecular formula is C37H61N3O6S. The number of benzene rings is 1. The maximum Gasteiger partial charge on any atom is 0.325 e. The van der Waals surface area contributed by atoms with Gasteiger partial charge >= 0.3 is 5.97 Å². The van der Waals surface area contributed by atoms with Crippen LogP contribution in [0.1, 0.15) is 129 Å². The van der Waals surface area contributed by atoms with Gasteiger partial charge in [0.2, 0.25) is 17.7 Å². The lowest BCUT2D eigenvalue weighted by Gasteiger charge is -2.20. The molecule has 0 aliphatic rings. The Hall–Kier alpha value is -2.88. The van der Waals surface area contributed by atoms with E-state index in [1.165, 1.54) is 58.3 Å². The van der Waals surface area contributed by atoms with Gasteiger partial charge in [-0.3, -0.25) is 24.0 Å². The average molecular weight is 676 g/mol. The van der Waals surface area contributed by atoms with Crippen LogP contribution in [0.4, 0.5) is 0 Å². The van der Waals surface area contributed by atoms with E-state index in [2.05, 4.69) is 29.8 Å². The van der Waals surface area contributed by atoms with Crippen LogP contribution >= 0.6 is 11.8 Å². The van der Waals surface area contributed by atoms with Gasteiger partial charge in [-0.1, -0.05) is 133 Å². The number of esters is 1. The van der Waals surface area contributed by atoms with E-state index in [0.717, 1.165) is 55.9 Å². The third-order valence-electron chi connectivity index (χ3n) is 7.96. The van der Waals surface area contributed by atoms with Crippen LogP contribution in [0.5, 0.6) is 0 Å². The molecule has 3 amide bonds. The third kappa shape index (κ3) is 24.0. The van der Waals surface area contributed by atoms with Gasteiger partial charge in [0.15, 0.2) is 5.12 Å². The third-order valence-corrected chi connectivity index (χ3v) is 8.93. The van der Waals surface area contributed by atoms with Gasteiger partial charge in [-0.2, -0.15) is 0 Å². The first-order valence-electron chi connectivity index (χ1n) is 17.9. The molecule has 0 aliphatic heterocycles. The van der Waals surface area contributed by atoms with Gasteiger partial charge in [-0.15, -0.1) is 0 Å². The summed E-state index contributed by atoms with van der Waals surface area (Å²) in [6.07, 6.45) is 16.0. The summed E-state index contributed by atoms with van der Waals surface area (Å²) in [5.74, 6) is -1.45. The monoisotopic (exact) mass is 675 g/mol. The van der Waals surface area contributed by atoms with Gasteiger partial charge < -0.3 is 20.7 Å². The summed E-state index contributed by atoms with van der Waals surface area (Å²) >= 11 is 1.08. The fraction of sp³-hybridized carbons (Fsp3) is 0.703. The van der Waals surface area contributed by atoms with E-state index < -0.39 is 18.0 Å². The molecule has 0 spiro atoms. The molecule has 47 heavy (non-hydrogen) atoms. The number of amides is 3. The molecule has 0 fully saturated rings. The Morgan fingerprint density at radius 1 is 0.681 bits per heavy atom. The van der Waals surface area contributed by atoms with Crippen molar-refractivity contribution in [1.82, 2.24) is 16.0 Å². The minimum Gasteiger partial charge on any atom is -0.457 e. The van der Waals surface area contributed by atoms with Crippen molar-refractivity contribution in [2.75, 3.05) is 25.4 Å². The van der Waals surface area contributed by atoms with Crippen LogP contribution in [0.25, 0.3) is 0 Å². The Bertz CT molecular complexity index is 989. The SMILES string of the molecule is CCCCCCCCCC(=O)NCC(CNC(=O)CCCCCCCCC)OC(=O)CNC(=O)C(CSC(C)=O)Cc1ccccc1. The van der Waals surface area contributed by atoms with Crippen LogP contribution < -0.4 is 16.0 Å². The number of carbonyl (C=O) groups excluding carboxylic acids is 5. The van der Waals surface area contributed by atoms with Crippen LogP contribution in [-0.2, 0) is 35.1 Å². The molecule has 0 radical (unpaired) electrons. The molecule has 1 atom stereocenters. The Kier molecular flexibility index (Phi) is 25.3. The minimum absolute atomic E-state index is 0.0681. The van der Waals surface area contributed by atoms with Crippen molar-refractivity contribution in [3.63, 3.8) is 0 Å². The van der Waals surface area contributed by atoms with E-state index in [4.69, 9.17) is 4.74 Å². The number of nitrogens with one attached hydrogen (secondary N) is 3. The van der Waals surface area contributed by atoms with Crippen LogP contribution in [0.3, 0.4) is 0 Å². The number of carbonyl (C=O) groups is 5. The first-order valence-corrected chi connectivity index (χ1v) is 18.9. The number of unbranched alkanes of at least 4 members (excludes halogenated alkanes) is 12. The van der Waals surface area contributed by atoms with Crippen molar-refractivity contribution in [2.45, 2.75) is 136 Å². The lowest BCUT2D eigenvalue weighted by molar-refractivity contribution is -0.149. The summed E-state index contributed by atoms with van der Waals surface area (Å²) in [5, 5.41) is 8.27. The van der Waals surface area contributed by atoms with Crippen molar-refractivity contribution >= 4 is 40.6 Å². The van der Waals surface area contributed by atoms with E-state index in [0.29, 0.717) is 25.0 Å². The van der Waals surface area contributed by atoms with Crippen molar-refractivity contribution in [2.24, 2.45) is 5.92 Å². The second-order valence-corrected chi connectivity index (χ2v) is 13.6. The van der Waals surface area contributed by atoms with Crippen molar-refractivity contribution in [3.8, 4) is 0 Å². The van der Waals surface area contributed by atoms with Gasteiger partial charge in [0.25, 0.3) is 0 Å². The molecule has 9 nitrogen and oxygen atoms in total. The smallest absolute Gasteiger partial charge is 0.325 e. The van der Waals surface area contributed by atoms with Crippen LogP contribution in [0, 0.1) is 5.92 Å². The van der Waals surface area contributed by atoms with Crippen LogP contribution in [-0.4, -0.2) is 60.3 Å². The molecule has 1 aromatic rings. The van der Waals surface area contributed by atoms with E-state index >= 15 is 0 Å². The van der Waals surface area contributed by atoms with E-state index in [-0.39, 0.29) is 42.5 Å². The first-order chi connectivity index (χ1) is 22.7. The second kappa shape index (κ2) is 28.2. The molecule has 0 aliphatic carbocycles. The predicted molar refractivity (Wildman–Crippen MR) is 191 cm³/mol. The van der Waals surface area contributed by atoms with Crippen LogP contribution in [0.15, 0.2) is 30.3 Å². The molecule has 0 saturated carbocycles. The predicted octanol–water partition coefficient (Wildman–Crippen LogP) is 6.67. The minimum atomic E-state index is -0.774. The molecule has 1 aromatic carbocycles. The van der Waals surface area contributed by atoms with Gasteiger partial charge in [0.1, 0.15) is 12.6 Å². The summed E-state index contributed by atoms with van der Waals surface area (Å²) in [4.78, 5) is 62.4. The van der Waals surface area contributed by atoms with Crippen molar-refractivity contribution < 1.29 is 28.7 Å². The van der Waals surface area contributed by atoms with Crippen LogP contribution in [0.2, 0.25) is 0 Å². The zero-order valence-corrected chi connectivity index (χ0v) is 30.1. The summed E-state index contributed by atoms with van der Waals surface area (Å²) in [6, 6.07) is 9.51. The molecule has 266 valence electrons. The Morgan fingerprint density at radius 2 is 1.17 bits per heavy atom. The Morgan fingerprint density at radius 3 is 1.66 bits per heavy atom. The van der Waals surface area contributed by atoms with E-state index in [1.807, 2.05) is 30.3 Å². The molecule has 0 aromatic heterocycles. The highest BCUT2D eigenvalue weighted by molar-refractivity contribution is 8.13. The highest BCUT2D eigenvalue weighted by Crippen LogP contribution is 2.16. The van der Waals surface area contributed by atoms with Crippen molar-refractivity contribution in [1.29, 1.82) is 0 Å². The topological polar surface area (TPSA) is 131 Å².